The molecule has 2 heterocycles. The van der Waals surface area contributed by atoms with Crippen molar-refractivity contribution in [2.75, 3.05) is 0 Å². The fourth-order valence-corrected chi connectivity index (χ4v) is 3.12. The Hall–Kier alpha value is -3.16. The number of aromatic nitrogens is 3. The first-order valence-electron chi connectivity index (χ1n) is 7.78. The summed E-state index contributed by atoms with van der Waals surface area (Å²) in [6.07, 6.45) is 7.08. The highest BCUT2D eigenvalue weighted by Crippen LogP contribution is 2.28. The minimum atomic E-state index is -0.501. The lowest BCUT2D eigenvalue weighted by Crippen LogP contribution is -2.07. The molecule has 1 unspecified atom stereocenters. The van der Waals surface area contributed by atoms with Crippen molar-refractivity contribution in [1.82, 2.24) is 14.5 Å². The van der Waals surface area contributed by atoms with E-state index in [2.05, 4.69) is 16.0 Å². The zero-order valence-electron chi connectivity index (χ0n) is 13.2. The normalized spacial score (nSPS) is 12.0. The molecule has 0 N–H and O–H groups in total. The Morgan fingerprint density at radius 3 is 2.80 bits per heavy atom. The standard InChI is InChI=1S/C20H13ClN4/c21-16-6-3-5-14(8-16)19-12-25(13-24-19)20(9-22)18-11-23-10-15-4-1-2-7-17(15)18/h1-8,10-13,20H. The van der Waals surface area contributed by atoms with Crippen molar-refractivity contribution >= 4 is 22.4 Å². The predicted molar refractivity (Wildman–Crippen MR) is 98.2 cm³/mol. The van der Waals surface area contributed by atoms with Crippen LogP contribution >= 0.6 is 11.6 Å². The average Bonchev–Trinajstić information content (AvgIpc) is 3.12. The van der Waals surface area contributed by atoms with Gasteiger partial charge in [-0.3, -0.25) is 4.98 Å². The van der Waals surface area contributed by atoms with Gasteiger partial charge in [0.05, 0.1) is 18.1 Å². The van der Waals surface area contributed by atoms with Gasteiger partial charge in [0.25, 0.3) is 0 Å². The molecule has 0 aliphatic rings. The van der Waals surface area contributed by atoms with E-state index in [0.717, 1.165) is 27.6 Å². The van der Waals surface area contributed by atoms with E-state index in [1.165, 1.54) is 0 Å². The highest BCUT2D eigenvalue weighted by atomic mass is 35.5. The minimum Gasteiger partial charge on any atom is -0.316 e. The number of rotatable bonds is 3. The molecule has 2 aromatic heterocycles. The zero-order chi connectivity index (χ0) is 17.2. The smallest absolute Gasteiger partial charge is 0.149 e. The second-order valence-electron chi connectivity index (χ2n) is 5.70. The third kappa shape index (κ3) is 2.86. The Kier molecular flexibility index (Phi) is 3.93. The summed E-state index contributed by atoms with van der Waals surface area (Å²) in [7, 11) is 0. The molecule has 0 radical (unpaired) electrons. The molecule has 4 aromatic rings. The molecular weight excluding hydrogens is 332 g/mol. The molecule has 5 heteroatoms. The summed E-state index contributed by atoms with van der Waals surface area (Å²) in [6.45, 7) is 0. The van der Waals surface area contributed by atoms with Crippen LogP contribution in [0.3, 0.4) is 0 Å². The molecule has 0 saturated heterocycles. The maximum absolute atomic E-state index is 9.77. The van der Waals surface area contributed by atoms with Crippen LogP contribution in [0, 0.1) is 11.3 Å². The number of nitrogens with zero attached hydrogens (tertiary/aromatic N) is 4. The van der Waals surface area contributed by atoms with Gasteiger partial charge in [-0.2, -0.15) is 5.26 Å². The van der Waals surface area contributed by atoms with Gasteiger partial charge in [-0.05, 0) is 17.5 Å². The lowest BCUT2D eigenvalue weighted by molar-refractivity contribution is 0.713. The minimum absolute atomic E-state index is 0.501. The van der Waals surface area contributed by atoms with Crippen molar-refractivity contribution in [1.29, 1.82) is 5.26 Å². The Bertz CT molecular complexity index is 1090. The van der Waals surface area contributed by atoms with Gasteiger partial charge < -0.3 is 4.57 Å². The molecule has 4 nitrogen and oxygen atoms in total. The number of nitriles is 1. The molecule has 0 spiro atoms. The van der Waals surface area contributed by atoms with Crippen molar-refractivity contribution in [3.8, 4) is 17.3 Å². The number of benzene rings is 2. The van der Waals surface area contributed by atoms with Crippen molar-refractivity contribution in [2.24, 2.45) is 0 Å². The largest absolute Gasteiger partial charge is 0.316 e. The van der Waals surface area contributed by atoms with Crippen LogP contribution in [0.5, 0.6) is 0 Å². The second-order valence-corrected chi connectivity index (χ2v) is 6.13. The van der Waals surface area contributed by atoms with Crippen LogP contribution < -0.4 is 0 Å². The molecular formula is C20H13ClN4. The highest BCUT2D eigenvalue weighted by molar-refractivity contribution is 6.30. The number of hydrogen-bond donors (Lipinski definition) is 0. The zero-order valence-corrected chi connectivity index (χ0v) is 13.9. The summed E-state index contributed by atoms with van der Waals surface area (Å²) < 4.78 is 1.81. The molecule has 25 heavy (non-hydrogen) atoms. The van der Waals surface area contributed by atoms with Gasteiger partial charge in [0.15, 0.2) is 0 Å². The maximum Gasteiger partial charge on any atom is 0.149 e. The van der Waals surface area contributed by atoms with E-state index in [1.807, 2.05) is 54.7 Å². The van der Waals surface area contributed by atoms with Gasteiger partial charge in [-0.15, -0.1) is 0 Å². The third-order valence-electron chi connectivity index (χ3n) is 4.14. The van der Waals surface area contributed by atoms with E-state index in [1.54, 1.807) is 23.3 Å². The van der Waals surface area contributed by atoms with Gasteiger partial charge in [-0.25, -0.2) is 4.98 Å². The lowest BCUT2D eigenvalue weighted by Gasteiger charge is -2.13. The van der Waals surface area contributed by atoms with Crippen molar-refractivity contribution < 1.29 is 0 Å². The molecule has 1 atom stereocenters. The SMILES string of the molecule is N#CC(c1cncc2ccccc12)n1cnc(-c2cccc(Cl)c2)c1. The van der Waals surface area contributed by atoms with Crippen LogP contribution in [0.2, 0.25) is 5.02 Å². The second kappa shape index (κ2) is 6.39. The van der Waals surface area contributed by atoms with Gasteiger partial charge in [0.1, 0.15) is 6.04 Å². The van der Waals surface area contributed by atoms with E-state index < -0.39 is 6.04 Å². The summed E-state index contributed by atoms with van der Waals surface area (Å²) in [6, 6.07) is 17.3. The number of fused-ring (bicyclic) bond motifs is 1. The fourth-order valence-electron chi connectivity index (χ4n) is 2.93. The first-order valence-corrected chi connectivity index (χ1v) is 8.16. The molecule has 0 aliphatic carbocycles. The molecule has 0 amide bonds. The number of imidazole rings is 1. The van der Waals surface area contributed by atoms with Crippen molar-refractivity contribution in [2.45, 2.75) is 6.04 Å². The maximum atomic E-state index is 9.77. The van der Waals surface area contributed by atoms with E-state index in [-0.39, 0.29) is 0 Å². The molecule has 0 bridgehead atoms. The van der Waals surface area contributed by atoms with Crippen LogP contribution in [-0.2, 0) is 0 Å². The molecule has 0 aliphatic heterocycles. The number of pyridine rings is 1. The first kappa shape index (κ1) is 15.4. The van der Waals surface area contributed by atoms with Crippen LogP contribution in [0.1, 0.15) is 11.6 Å². The van der Waals surface area contributed by atoms with Crippen LogP contribution in [0.25, 0.3) is 22.0 Å². The summed E-state index contributed by atoms with van der Waals surface area (Å²) in [5.74, 6) is 0. The summed E-state index contributed by atoms with van der Waals surface area (Å²) >= 11 is 6.06. The summed E-state index contributed by atoms with van der Waals surface area (Å²) in [5, 5.41) is 12.4. The van der Waals surface area contributed by atoms with E-state index in [9.17, 15) is 5.26 Å². The quantitative estimate of drug-likeness (QED) is 0.533. The third-order valence-corrected chi connectivity index (χ3v) is 4.37. The lowest BCUT2D eigenvalue weighted by atomic mass is 10.0. The monoisotopic (exact) mass is 344 g/mol. The van der Waals surface area contributed by atoms with Gasteiger partial charge in [-0.1, -0.05) is 48.0 Å². The molecule has 120 valence electrons. The Morgan fingerprint density at radius 1 is 1.08 bits per heavy atom. The van der Waals surface area contributed by atoms with Gasteiger partial charge in [0, 0.05) is 40.1 Å². The average molecular weight is 345 g/mol. The Balaban J connectivity index is 1.79. The van der Waals surface area contributed by atoms with E-state index >= 15 is 0 Å². The highest BCUT2D eigenvalue weighted by Gasteiger charge is 2.17. The van der Waals surface area contributed by atoms with Crippen LogP contribution in [0.4, 0.5) is 0 Å². The molecule has 4 rings (SSSR count). The predicted octanol–water partition coefficient (Wildman–Crippen LogP) is 4.86. The molecule has 0 saturated carbocycles. The number of hydrogen-bond acceptors (Lipinski definition) is 3. The number of halogens is 1. The van der Waals surface area contributed by atoms with Crippen LogP contribution in [-0.4, -0.2) is 14.5 Å². The van der Waals surface area contributed by atoms with Crippen LogP contribution in [0.15, 0.2) is 73.4 Å². The van der Waals surface area contributed by atoms with E-state index in [4.69, 9.17) is 11.6 Å². The van der Waals surface area contributed by atoms with Crippen molar-refractivity contribution in [3.63, 3.8) is 0 Å². The molecule has 2 aromatic carbocycles. The first-order chi connectivity index (χ1) is 12.3. The van der Waals surface area contributed by atoms with Gasteiger partial charge >= 0.3 is 0 Å². The summed E-state index contributed by atoms with van der Waals surface area (Å²) in [5.41, 5.74) is 2.55. The van der Waals surface area contributed by atoms with Gasteiger partial charge in [0.2, 0.25) is 0 Å². The Labute approximate surface area is 150 Å². The van der Waals surface area contributed by atoms with Crippen molar-refractivity contribution in [3.05, 3.63) is 84.0 Å². The molecule has 0 fully saturated rings. The Morgan fingerprint density at radius 2 is 1.96 bits per heavy atom. The fraction of sp³-hybridized carbons (Fsp3) is 0.0500. The van der Waals surface area contributed by atoms with E-state index in [0.29, 0.717) is 5.02 Å². The summed E-state index contributed by atoms with van der Waals surface area (Å²) in [4.78, 5) is 8.72. The topological polar surface area (TPSA) is 54.5 Å².